The molecule has 1 aromatic carbocycles. The van der Waals surface area contributed by atoms with Crippen LogP contribution < -0.4 is 0 Å². The molecule has 80 valence electrons. The van der Waals surface area contributed by atoms with E-state index in [1.54, 1.807) is 0 Å². The summed E-state index contributed by atoms with van der Waals surface area (Å²) in [6.07, 6.45) is 0. The van der Waals surface area contributed by atoms with Crippen LogP contribution in [-0.4, -0.2) is 23.6 Å². The van der Waals surface area contributed by atoms with E-state index in [1.165, 1.54) is 16.6 Å². The van der Waals surface area contributed by atoms with Crippen LogP contribution in [0.25, 0.3) is 10.9 Å². The molecule has 0 spiro atoms. The van der Waals surface area contributed by atoms with Crippen LogP contribution in [0.15, 0.2) is 30.3 Å². The molecule has 1 aromatic heterocycles. The number of hydrogen-bond donors (Lipinski definition) is 0. The summed E-state index contributed by atoms with van der Waals surface area (Å²) >= 11 is 0. The van der Waals surface area contributed by atoms with Crippen LogP contribution in [0, 0.1) is 0 Å². The fourth-order valence-corrected chi connectivity index (χ4v) is 2.10. The van der Waals surface area contributed by atoms with E-state index in [-0.39, 0.29) is 0 Å². The van der Waals surface area contributed by atoms with Gasteiger partial charge in [0.05, 0.1) is 0 Å². The van der Waals surface area contributed by atoms with Crippen molar-refractivity contribution in [2.24, 2.45) is 0 Å². The lowest BCUT2D eigenvalue weighted by atomic mass is 10.2. The number of fused-ring (bicyclic) bond motifs is 1. The Balaban J connectivity index is 2.54. The Kier molecular flexibility index (Phi) is 2.78. The Hall–Kier alpha value is -1.28. The molecule has 2 nitrogen and oxygen atoms in total. The smallest absolute Gasteiger partial charge is 0.0482 e. The summed E-state index contributed by atoms with van der Waals surface area (Å²) in [7, 11) is 4.22. The summed E-state index contributed by atoms with van der Waals surface area (Å²) < 4.78 is 2.38. The minimum atomic E-state index is 1.00. The molecule has 0 bridgehead atoms. The highest BCUT2D eigenvalue weighted by atomic mass is 15.1. The molecular weight excluding hydrogens is 184 g/mol. The first-order valence-electron chi connectivity index (χ1n) is 5.44. The lowest BCUT2D eigenvalue weighted by Gasteiger charge is -2.12. The lowest BCUT2D eigenvalue weighted by Crippen LogP contribution is -2.14. The van der Waals surface area contributed by atoms with Crippen molar-refractivity contribution in [2.75, 3.05) is 14.1 Å². The standard InChI is InChI=1S/C13H18N2/c1-4-15-12(10-14(2)3)9-11-7-5-6-8-13(11)15/h5-9H,4,10H2,1-3H3. The second kappa shape index (κ2) is 4.07. The van der Waals surface area contributed by atoms with E-state index in [1.807, 2.05) is 0 Å². The van der Waals surface area contributed by atoms with Crippen molar-refractivity contribution in [3.63, 3.8) is 0 Å². The summed E-state index contributed by atoms with van der Waals surface area (Å²) in [5.41, 5.74) is 2.74. The van der Waals surface area contributed by atoms with Gasteiger partial charge >= 0.3 is 0 Å². The average molecular weight is 202 g/mol. The summed E-state index contributed by atoms with van der Waals surface area (Å²) in [4.78, 5) is 2.21. The number of aryl methyl sites for hydroxylation is 1. The van der Waals surface area contributed by atoms with E-state index in [2.05, 4.69) is 60.8 Å². The van der Waals surface area contributed by atoms with Crippen molar-refractivity contribution >= 4 is 10.9 Å². The molecule has 2 aromatic rings. The maximum Gasteiger partial charge on any atom is 0.0482 e. The van der Waals surface area contributed by atoms with Gasteiger partial charge in [-0.05, 0) is 38.5 Å². The van der Waals surface area contributed by atoms with Crippen LogP contribution in [0.1, 0.15) is 12.6 Å². The zero-order chi connectivity index (χ0) is 10.8. The molecule has 0 unspecified atom stereocenters. The SMILES string of the molecule is CCn1c(CN(C)C)cc2ccccc21. The Morgan fingerprint density at radius 1 is 1.20 bits per heavy atom. The topological polar surface area (TPSA) is 8.17 Å². The summed E-state index contributed by atoms with van der Waals surface area (Å²) in [5.74, 6) is 0. The Morgan fingerprint density at radius 3 is 2.60 bits per heavy atom. The quantitative estimate of drug-likeness (QED) is 0.743. The molecule has 15 heavy (non-hydrogen) atoms. The van der Waals surface area contributed by atoms with E-state index >= 15 is 0 Å². The maximum absolute atomic E-state index is 2.38. The third-order valence-corrected chi connectivity index (χ3v) is 2.69. The summed E-state index contributed by atoms with van der Waals surface area (Å²) in [6, 6.07) is 10.9. The van der Waals surface area contributed by atoms with Crippen molar-refractivity contribution in [3.8, 4) is 0 Å². The Morgan fingerprint density at radius 2 is 1.93 bits per heavy atom. The molecule has 0 saturated heterocycles. The second-order valence-electron chi connectivity index (χ2n) is 4.18. The Labute approximate surface area is 91.1 Å². The molecule has 0 aliphatic heterocycles. The van der Waals surface area contributed by atoms with Crippen molar-refractivity contribution in [1.82, 2.24) is 9.47 Å². The molecule has 0 amide bonds. The average Bonchev–Trinajstić information content (AvgIpc) is 2.53. The van der Waals surface area contributed by atoms with Crippen molar-refractivity contribution in [3.05, 3.63) is 36.0 Å². The molecule has 2 rings (SSSR count). The summed E-state index contributed by atoms with van der Waals surface area (Å²) in [6.45, 7) is 4.24. The number of aromatic nitrogens is 1. The van der Waals surface area contributed by atoms with Gasteiger partial charge in [0.2, 0.25) is 0 Å². The van der Waals surface area contributed by atoms with Crippen LogP contribution in [0.5, 0.6) is 0 Å². The number of rotatable bonds is 3. The van der Waals surface area contributed by atoms with Gasteiger partial charge in [-0.2, -0.15) is 0 Å². The highest BCUT2D eigenvalue weighted by molar-refractivity contribution is 5.81. The Bertz CT molecular complexity index is 455. The van der Waals surface area contributed by atoms with Gasteiger partial charge in [-0.1, -0.05) is 18.2 Å². The normalized spacial score (nSPS) is 11.5. The molecule has 0 atom stereocenters. The van der Waals surface area contributed by atoms with Crippen LogP contribution in [0.3, 0.4) is 0 Å². The highest BCUT2D eigenvalue weighted by Crippen LogP contribution is 2.20. The maximum atomic E-state index is 2.38. The molecule has 0 N–H and O–H groups in total. The molecule has 0 radical (unpaired) electrons. The molecular formula is C13H18N2. The van der Waals surface area contributed by atoms with E-state index < -0.39 is 0 Å². The molecule has 2 heteroatoms. The second-order valence-corrected chi connectivity index (χ2v) is 4.18. The molecule has 0 saturated carbocycles. The van der Waals surface area contributed by atoms with E-state index in [0.29, 0.717) is 0 Å². The van der Waals surface area contributed by atoms with Crippen molar-refractivity contribution < 1.29 is 0 Å². The first-order valence-corrected chi connectivity index (χ1v) is 5.44. The highest BCUT2D eigenvalue weighted by Gasteiger charge is 2.06. The van der Waals surface area contributed by atoms with E-state index in [9.17, 15) is 0 Å². The van der Waals surface area contributed by atoms with Gasteiger partial charge in [0.1, 0.15) is 0 Å². The van der Waals surface area contributed by atoms with Gasteiger partial charge in [0.25, 0.3) is 0 Å². The first-order chi connectivity index (χ1) is 7.22. The minimum Gasteiger partial charge on any atom is -0.344 e. The molecule has 0 aliphatic rings. The van der Waals surface area contributed by atoms with Crippen LogP contribution in [0.2, 0.25) is 0 Å². The zero-order valence-electron chi connectivity index (χ0n) is 9.70. The number of hydrogen-bond acceptors (Lipinski definition) is 1. The van der Waals surface area contributed by atoms with Crippen molar-refractivity contribution in [2.45, 2.75) is 20.0 Å². The van der Waals surface area contributed by atoms with Crippen LogP contribution >= 0.6 is 0 Å². The third-order valence-electron chi connectivity index (χ3n) is 2.69. The molecule has 1 heterocycles. The van der Waals surface area contributed by atoms with Gasteiger partial charge in [0.15, 0.2) is 0 Å². The van der Waals surface area contributed by atoms with Crippen LogP contribution in [-0.2, 0) is 13.1 Å². The van der Waals surface area contributed by atoms with E-state index in [4.69, 9.17) is 0 Å². The van der Waals surface area contributed by atoms with Gasteiger partial charge in [0, 0.05) is 24.3 Å². The number of nitrogens with zero attached hydrogens (tertiary/aromatic N) is 2. The zero-order valence-corrected chi connectivity index (χ0v) is 9.70. The van der Waals surface area contributed by atoms with E-state index in [0.717, 1.165) is 13.1 Å². The number of para-hydroxylation sites is 1. The fraction of sp³-hybridized carbons (Fsp3) is 0.385. The summed E-state index contributed by atoms with van der Waals surface area (Å²) in [5, 5.41) is 1.34. The predicted octanol–water partition coefficient (Wildman–Crippen LogP) is 2.72. The largest absolute Gasteiger partial charge is 0.344 e. The molecule has 0 aliphatic carbocycles. The molecule has 0 fully saturated rings. The lowest BCUT2D eigenvalue weighted by molar-refractivity contribution is 0.389. The van der Waals surface area contributed by atoms with Gasteiger partial charge in [-0.25, -0.2) is 0 Å². The third kappa shape index (κ3) is 1.90. The van der Waals surface area contributed by atoms with Gasteiger partial charge < -0.3 is 9.47 Å². The number of benzene rings is 1. The minimum absolute atomic E-state index is 1.00. The van der Waals surface area contributed by atoms with Crippen LogP contribution in [0.4, 0.5) is 0 Å². The first kappa shape index (κ1) is 10.2. The fourth-order valence-electron chi connectivity index (χ4n) is 2.10. The van der Waals surface area contributed by atoms with Gasteiger partial charge in [-0.3, -0.25) is 0 Å². The monoisotopic (exact) mass is 202 g/mol. The predicted molar refractivity (Wildman–Crippen MR) is 65.0 cm³/mol. The van der Waals surface area contributed by atoms with Gasteiger partial charge in [-0.15, -0.1) is 0 Å². The van der Waals surface area contributed by atoms with Crippen molar-refractivity contribution in [1.29, 1.82) is 0 Å².